The summed E-state index contributed by atoms with van der Waals surface area (Å²) in [5, 5.41) is 26.6. The van der Waals surface area contributed by atoms with Crippen LogP contribution in [0.2, 0.25) is 0 Å². The molecule has 0 aromatic carbocycles. The fraction of sp³-hybridized carbons (Fsp3) is 0.914. The molecule has 4 aliphatic rings. The summed E-state index contributed by atoms with van der Waals surface area (Å²) < 4.78 is 25.4. The van der Waals surface area contributed by atoms with Gasteiger partial charge in [0, 0.05) is 58.5 Å². The summed E-state index contributed by atoms with van der Waals surface area (Å²) in [6.07, 6.45) is -0.519. The Kier molecular flexibility index (Phi) is 12.1. The number of hydrogen-bond acceptors (Lipinski definition) is 9. The molecule has 0 spiro atoms. The molecule has 4 saturated heterocycles. The van der Waals surface area contributed by atoms with E-state index in [1.807, 2.05) is 55.5 Å². The van der Waals surface area contributed by atoms with Crippen LogP contribution in [0, 0.1) is 29.6 Å². The number of carbonyl (C=O) groups is 3. The number of amides is 3. The van der Waals surface area contributed by atoms with E-state index in [0.29, 0.717) is 45.1 Å². The van der Waals surface area contributed by atoms with Crippen molar-refractivity contribution in [1.29, 1.82) is 0 Å². The molecule has 270 valence electrons. The number of aliphatic hydroxyl groups excluding tert-OH is 1. The molecule has 0 aliphatic carbocycles. The Balaban J connectivity index is 1.75. The minimum atomic E-state index is -1.33. The van der Waals surface area contributed by atoms with E-state index in [0.717, 1.165) is 0 Å². The van der Waals surface area contributed by atoms with E-state index in [2.05, 4.69) is 5.32 Å². The highest BCUT2D eigenvalue weighted by Gasteiger charge is 2.57. The van der Waals surface area contributed by atoms with E-state index < -0.39 is 41.7 Å². The van der Waals surface area contributed by atoms with E-state index in [9.17, 15) is 24.6 Å². The van der Waals surface area contributed by atoms with Crippen molar-refractivity contribution >= 4 is 17.7 Å². The zero-order chi connectivity index (χ0) is 35.0. The van der Waals surface area contributed by atoms with Crippen molar-refractivity contribution in [2.24, 2.45) is 29.6 Å². The molecule has 4 aliphatic heterocycles. The fourth-order valence-corrected chi connectivity index (χ4v) is 9.07. The number of rotatable bonds is 5. The van der Waals surface area contributed by atoms with Crippen LogP contribution >= 0.6 is 0 Å². The lowest BCUT2D eigenvalue weighted by molar-refractivity contribution is -0.326. The summed E-state index contributed by atoms with van der Waals surface area (Å²) in [5.74, 6) is -1.99. The van der Waals surface area contributed by atoms with E-state index >= 15 is 0 Å². The lowest BCUT2D eigenvalue weighted by Gasteiger charge is -2.56. The van der Waals surface area contributed by atoms with Crippen molar-refractivity contribution < 1.29 is 43.5 Å². The third-order valence-corrected chi connectivity index (χ3v) is 11.8. The van der Waals surface area contributed by atoms with Crippen LogP contribution in [0.5, 0.6) is 0 Å². The molecule has 47 heavy (non-hydrogen) atoms. The van der Waals surface area contributed by atoms with Gasteiger partial charge in [0.25, 0.3) is 0 Å². The molecule has 0 radical (unpaired) electrons. The maximum Gasteiger partial charge on any atom is 0.241 e. The number of nitrogens with one attached hydrogen (secondary N) is 1. The molecule has 4 heterocycles. The van der Waals surface area contributed by atoms with Gasteiger partial charge in [-0.25, -0.2) is 0 Å². The van der Waals surface area contributed by atoms with Crippen LogP contribution in [0.4, 0.5) is 0 Å². The number of likely N-dealkylation sites (N-methyl/N-ethyl adjacent to an activating group) is 1. The summed E-state index contributed by atoms with van der Waals surface area (Å²) in [6, 6.07) is -0.170. The standard InChI is InChI=1S/C35H61N3O9/c1-11-28(39)38(9)27-12-20(3)45-33-26(27)16-35(43)14-19(2)18-37(8)29(40)17-36-32(42)22(5)25(21(4)31(35)47-33)13-24-15-34(7,44-10)30(41)23(6)46-24/h19-27,30-31,33,41,43H,11-18H2,1-10H3,(H,36,42)/t19-,20-,21+,22-,23+,24+,25+,26-,27+,30+,31-,33+,34-,35+/m1/s1. The van der Waals surface area contributed by atoms with Gasteiger partial charge in [0.1, 0.15) is 6.10 Å². The normalized spacial score (nSPS) is 45.4. The Labute approximate surface area is 281 Å². The molecule has 3 amide bonds. The molecule has 3 N–H and O–H groups in total. The Morgan fingerprint density at radius 3 is 2.43 bits per heavy atom. The average Bonchev–Trinajstić information content (AvgIpc) is 3.02. The number of hydrogen-bond donors (Lipinski definition) is 3. The Bertz CT molecular complexity index is 1130. The predicted molar refractivity (Wildman–Crippen MR) is 175 cm³/mol. The highest BCUT2D eigenvalue weighted by atomic mass is 16.7. The van der Waals surface area contributed by atoms with Crippen LogP contribution in [-0.4, -0.2) is 126 Å². The first kappa shape index (κ1) is 38.0. The summed E-state index contributed by atoms with van der Waals surface area (Å²) in [5.41, 5.74) is -2.16. The van der Waals surface area contributed by atoms with E-state index in [1.54, 1.807) is 24.0 Å². The first-order valence-corrected chi connectivity index (χ1v) is 17.6. The average molecular weight is 668 g/mol. The molecule has 4 rings (SSSR count). The van der Waals surface area contributed by atoms with Crippen LogP contribution in [0.15, 0.2) is 0 Å². The number of aliphatic hydroxyl groups is 2. The second-order valence-electron chi connectivity index (χ2n) is 15.5. The Morgan fingerprint density at radius 1 is 1.11 bits per heavy atom. The largest absolute Gasteiger partial charge is 0.387 e. The quantitative estimate of drug-likeness (QED) is 0.402. The van der Waals surface area contributed by atoms with Crippen molar-refractivity contribution in [3.63, 3.8) is 0 Å². The third kappa shape index (κ3) is 7.99. The molecule has 12 nitrogen and oxygen atoms in total. The van der Waals surface area contributed by atoms with Gasteiger partial charge in [-0.2, -0.15) is 0 Å². The van der Waals surface area contributed by atoms with Gasteiger partial charge in [0.2, 0.25) is 17.7 Å². The van der Waals surface area contributed by atoms with Crippen molar-refractivity contribution in [1.82, 2.24) is 15.1 Å². The first-order chi connectivity index (χ1) is 21.9. The lowest BCUT2D eigenvalue weighted by atomic mass is 9.65. The molecule has 4 fully saturated rings. The molecular formula is C35H61N3O9. The number of fused-ring (bicyclic) bond motifs is 2. The SMILES string of the molecule is CCC(=O)N(C)[C@H]1C[C@@H](C)O[C@H]2O[C@@H]3[C@@H](C)[C@H](C[C@H]4C[C@@](C)(OC)[C@@H](O)[C@H](C)O4)[C@@H](C)C(=O)NCC(=O)N(C)C[C@H](C)C[C@]3(O)C[C@@H]21. The summed E-state index contributed by atoms with van der Waals surface area (Å²) in [4.78, 5) is 43.0. The lowest BCUT2D eigenvalue weighted by Crippen LogP contribution is -2.65. The topological polar surface area (TPSA) is 147 Å². The van der Waals surface area contributed by atoms with Crippen LogP contribution in [0.25, 0.3) is 0 Å². The smallest absolute Gasteiger partial charge is 0.241 e. The minimum Gasteiger partial charge on any atom is -0.387 e. The van der Waals surface area contributed by atoms with Gasteiger partial charge in [-0.05, 0) is 64.2 Å². The van der Waals surface area contributed by atoms with Crippen LogP contribution in [-0.2, 0) is 33.3 Å². The highest BCUT2D eigenvalue weighted by Crippen LogP contribution is 2.49. The van der Waals surface area contributed by atoms with Crippen molar-refractivity contribution in [2.75, 3.05) is 34.3 Å². The monoisotopic (exact) mass is 667 g/mol. The molecule has 0 aromatic heterocycles. The summed E-state index contributed by atoms with van der Waals surface area (Å²) in [6.45, 7) is 13.7. The summed E-state index contributed by atoms with van der Waals surface area (Å²) >= 11 is 0. The maximum atomic E-state index is 13.7. The van der Waals surface area contributed by atoms with E-state index in [1.165, 1.54) is 0 Å². The van der Waals surface area contributed by atoms with E-state index in [-0.39, 0.29) is 66.2 Å². The van der Waals surface area contributed by atoms with Crippen LogP contribution in [0.1, 0.15) is 87.0 Å². The molecule has 0 unspecified atom stereocenters. The van der Waals surface area contributed by atoms with Crippen LogP contribution < -0.4 is 5.32 Å². The molecule has 0 aromatic rings. The van der Waals surface area contributed by atoms with Crippen molar-refractivity contribution in [3.8, 4) is 0 Å². The molecule has 14 atom stereocenters. The third-order valence-electron chi connectivity index (χ3n) is 11.8. The second-order valence-corrected chi connectivity index (χ2v) is 15.5. The molecule has 12 heteroatoms. The number of carbonyl (C=O) groups excluding carboxylic acids is 3. The Morgan fingerprint density at radius 2 is 1.79 bits per heavy atom. The van der Waals surface area contributed by atoms with Crippen molar-refractivity contribution in [2.45, 2.75) is 141 Å². The van der Waals surface area contributed by atoms with Gasteiger partial charge < -0.3 is 44.3 Å². The molecule has 0 saturated carbocycles. The number of methoxy groups -OCH3 is 1. The van der Waals surface area contributed by atoms with E-state index in [4.69, 9.17) is 18.9 Å². The number of ether oxygens (including phenoxy) is 4. The van der Waals surface area contributed by atoms with Gasteiger partial charge in [0.15, 0.2) is 6.29 Å². The fourth-order valence-electron chi connectivity index (χ4n) is 9.07. The van der Waals surface area contributed by atoms with Gasteiger partial charge in [0.05, 0.1) is 42.2 Å². The van der Waals surface area contributed by atoms with Gasteiger partial charge in [-0.3, -0.25) is 14.4 Å². The number of nitrogens with zero attached hydrogens (tertiary/aromatic N) is 2. The molecular weight excluding hydrogens is 606 g/mol. The minimum absolute atomic E-state index is 0.0311. The first-order valence-electron chi connectivity index (χ1n) is 17.6. The Hall–Kier alpha value is -1.83. The zero-order valence-electron chi connectivity index (χ0n) is 30.2. The van der Waals surface area contributed by atoms with Gasteiger partial charge in [-0.1, -0.05) is 27.7 Å². The summed E-state index contributed by atoms with van der Waals surface area (Å²) in [7, 11) is 5.13. The second kappa shape index (κ2) is 15.0. The maximum absolute atomic E-state index is 13.7. The van der Waals surface area contributed by atoms with Gasteiger partial charge in [-0.15, -0.1) is 0 Å². The predicted octanol–water partition coefficient (Wildman–Crippen LogP) is 2.33. The van der Waals surface area contributed by atoms with Crippen LogP contribution in [0.3, 0.4) is 0 Å². The molecule has 0 bridgehead atoms. The van der Waals surface area contributed by atoms with Gasteiger partial charge >= 0.3 is 0 Å². The highest BCUT2D eigenvalue weighted by molar-refractivity contribution is 5.85. The zero-order valence-corrected chi connectivity index (χ0v) is 30.2. The van der Waals surface area contributed by atoms with Crippen molar-refractivity contribution in [3.05, 3.63) is 0 Å².